The summed E-state index contributed by atoms with van der Waals surface area (Å²) in [6, 6.07) is -1.08. The fraction of sp³-hybridized carbons (Fsp3) is 0.846. The first-order chi connectivity index (χ1) is 10.1. The minimum atomic E-state index is -3.24. The maximum atomic E-state index is 12.3. The van der Waals surface area contributed by atoms with Gasteiger partial charge in [-0.2, -0.15) is 0 Å². The summed E-state index contributed by atoms with van der Waals surface area (Å²) in [5.74, 6) is -0.217. The molecule has 3 amide bonds. The highest BCUT2D eigenvalue weighted by Crippen LogP contribution is 2.27. The van der Waals surface area contributed by atoms with E-state index in [0.717, 1.165) is 0 Å². The predicted octanol–water partition coefficient (Wildman–Crippen LogP) is -1.46. The van der Waals surface area contributed by atoms with Crippen molar-refractivity contribution >= 4 is 21.8 Å². The summed E-state index contributed by atoms with van der Waals surface area (Å²) >= 11 is 0. The number of nitrogens with zero attached hydrogens (tertiary/aromatic N) is 4. The van der Waals surface area contributed by atoms with E-state index in [1.54, 1.807) is 42.9 Å². The number of carbonyl (C=O) groups excluding carboxylic acids is 2. The van der Waals surface area contributed by atoms with Crippen molar-refractivity contribution in [3.05, 3.63) is 0 Å². The molecule has 126 valence electrons. The molecule has 0 aromatic heterocycles. The van der Waals surface area contributed by atoms with Gasteiger partial charge in [0.2, 0.25) is 5.91 Å². The summed E-state index contributed by atoms with van der Waals surface area (Å²) in [7, 11) is 3.65. The lowest BCUT2D eigenvalue weighted by Crippen LogP contribution is -2.64. The molecule has 0 N–H and O–H groups in total. The van der Waals surface area contributed by atoms with E-state index >= 15 is 0 Å². The SMILES string of the molecule is CN(C)CC(=O)N1CCN(C(=O)N(C)C)[C@H]2CS(=O)(=O)C[C@H]21. The Hall–Kier alpha value is -1.35. The van der Waals surface area contributed by atoms with Crippen molar-refractivity contribution in [2.75, 3.05) is 59.3 Å². The molecule has 8 nitrogen and oxygen atoms in total. The molecule has 2 saturated heterocycles. The van der Waals surface area contributed by atoms with Crippen molar-refractivity contribution in [2.24, 2.45) is 0 Å². The zero-order valence-electron chi connectivity index (χ0n) is 13.5. The van der Waals surface area contributed by atoms with Gasteiger partial charge in [0.1, 0.15) is 0 Å². The van der Waals surface area contributed by atoms with Gasteiger partial charge in [-0.15, -0.1) is 0 Å². The Labute approximate surface area is 131 Å². The zero-order valence-corrected chi connectivity index (χ0v) is 14.3. The number of amides is 3. The van der Waals surface area contributed by atoms with Crippen LogP contribution in [-0.2, 0) is 14.6 Å². The normalized spacial score (nSPS) is 27.0. The van der Waals surface area contributed by atoms with Crippen LogP contribution < -0.4 is 0 Å². The third-order valence-corrected chi connectivity index (χ3v) is 5.77. The average Bonchev–Trinajstić information content (AvgIpc) is 2.70. The number of hydrogen-bond donors (Lipinski definition) is 0. The average molecular weight is 332 g/mol. The van der Waals surface area contributed by atoms with Gasteiger partial charge in [-0.1, -0.05) is 0 Å². The third kappa shape index (κ3) is 3.35. The molecule has 0 aromatic rings. The summed E-state index contributed by atoms with van der Waals surface area (Å²) in [4.78, 5) is 31.0. The summed E-state index contributed by atoms with van der Waals surface area (Å²) in [5.41, 5.74) is 0. The van der Waals surface area contributed by atoms with Crippen LogP contribution in [-0.4, -0.2) is 111 Å². The van der Waals surface area contributed by atoms with E-state index in [2.05, 4.69) is 0 Å². The van der Waals surface area contributed by atoms with Gasteiger partial charge in [0.15, 0.2) is 9.84 Å². The molecule has 0 bridgehead atoms. The van der Waals surface area contributed by atoms with Crippen LogP contribution in [0.25, 0.3) is 0 Å². The van der Waals surface area contributed by atoms with E-state index in [0.29, 0.717) is 13.1 Å². The van der Waals surface area contributed by atoms with Gasteiger partial charge in [-0.3, -0.25) is 4.79 Å². The molecule has 2 aliphatic rings. The monoisotopic (exact) mass is 332 g/mol. The molecule has 0 radical (unpaired) electrons. The van der Waals surface area contributed by atoms with Crippen molar-refractivity contribution in [3.8, 4) is 0 Å². The number of carbonyl (C=O) groups is 2. The van der Waals surface area contributed by atoms with Crippen LogP contribution in [0, 0.1) is 0 Å². The zero-order chi connectivity index (χ0) is 16.7. The quantitative estimate of drug-likeness (QED) is 0.617. The molecule has 2 fully saturated rings. The topological polar surface area (TPSA) is 81.2 Å². The lowest BCUT2D eigenvalue weighted by atomic mass is 10.0. The van der Waals surface area contributed by atoms with E-state index < -0.39 is 21.9 Å². The van der Waals surface area contributed by atoms with E-state index in [-0.39, 0.29) is 30.0 Å². The van der Waals surface area contributed by atoms with Crippen LogP contribution in [0.2, 0.25) is 0 Å². The molecule has 2 atom stereocenters. The van der Waals surface area contributed by atoms with Gasteiger partial charge in [-0.05, 0) is 14.1 Å². The molecule has 2 aliphatic heterocycles. The molecule has 0 saturated carbocycles. The summed E-state index contributed by atoms with van der Waals surface area (Å²) in [6.07, 6.45) is 0. The first kappa shape index (κ1) is 17.0. The number of hydrogen-bond acceptors (Lipinski definition) is 5. The summed E-state index contributed by atoms with van der Waals surface area (Å²) < 4.78 is 24.1. The van der Waals surface area contributed by atoms with Crippen molar-refractivity contribution in [3.63, 3.8) is 0 Å². The highest BCUT2D eigenvalue weighted by molar-refractivity contribution is 7.91. The molecule has 2 heterocycles. The van der Waals surface area contributed by atoms with Crippen LogP contribution in [0.3, 0.4) is 0 Å². The number of rotatable bonds is 2. The predicted molar refractivity (Wildman–Crippen MR) is 82.3 cm³/mol. The second-order valence-electron chi connectivity index (χ2n) is 6.41. The Kier molecular flexibility index (Phi) is 4.67. The molecule has 22 heavy (non-hydrogen) atoms. The Morgan fingerprint density at radius 2 is 1.50 bits per heavy atom. The molecular weight excluding hydrogens is 308 g/mol. The van der Waals surface area contributed by atoms with Crippen LogP contribution in [0.4, 0.5) is 4.79 Å². The van der Waals surface area contributed by atoms with Gasteiger partial charge in [0, 0.05) is 27.2 Å². The lowest BCUT2D eigenvalue weighted by Gasteiger charge is -2.44. The molecule has 0 aromatic carbocycles. The van der Waals surface area contributed by atoms with E-state index in [9.17, 15) is 18.0 Å². The standard InChI is InChI=1S/C13H24N4O4S/c1-14(2)7-12(18)16-5-6-17(13(19)15(3)4)11-9-22(20,21)8-10(11)16/h10-11H,5-9H2,1-4H3/t10-,11+/m1/s1. The first-order valence-electron chi connectivity index (χ1n) is 7.25. The van der Waals surface area contributed by atoms with Crippen LogP contribution in [0.15, 0.2) is 0 Å². The van der Waals surface area contributed by atoms with Crippen molar-refractivity contribution in [2.45, 2.75) is 12.1 Å². The molecular formula is C13H24N4O4S. The Bertz CT molecular complexity index is 560. The molecule has 0 aliphatic carbocycles. The fourth-order valence-corrected chi connectivity index (χ4v) is 5.10. The van der Waals surface area contributed by atoms with Crippen molar-refractivity contribution in [1.82, 2.24) is 19.6 Å². The maximum absolute atomic E-state index is 12.3. The van der Waals surface area contributed by atoms with Gasteiger partial charge in [0.25, 0.3) is 0 Å². The Morgan fingerprint density at radius 3 is 2.00 bits per heavy atom. The van der Waals surface area contributed by atoms with Crippen molar-refractivity contribution in [1.29, 1.82) is 0 Å². The number of fused-ring (bicyclic) bond motifs is 1. The third-order valence-electron chi connectivity index (χ3n) is 4.08. The highest BCUT2D eigenvalue weighted by Gasteiger charge is 2.49. The van der Waals surface area contributed by atoms with Gasteiger partial charge >= 0.3 is 6.03 Å². The van der Waals surface area contributed by atoms with Crippen LogP contribution >= 0.6 is 0 Å². The lowest BCUT2D eigenvalue weighted by molar-refractivity contribution is -0.136. The molecule has 0 spiro atoms. The van der Waals surface area contributed by atoms with E-state index in [4.69, 9.17) is 0 Å². The minimum Gasteiger partial charge on any atom is -0.334 e. The molecule has 9 heteroatoms. The Morgan fingerprint density at radius 1 is 1.00 bits per heavy atom. The molecule has 0 unspecified atom stereocenters. The summed E-state index contributed by atoms with van der Waals surface area (Å²) in [5, 5.41) is 0. The Balaban J connectivity index is 2.24. The second kappa shape index (κ2) is 6.04. The van der Waals surface area contributed by atoms with Crippen molar-refractivity contribution < 1.29 is 18.0 Å². The van der Waals surface area contributed by atoms with Gasteiger partial charge < -0.3 is 19.6 Å². The largest absolute Gasteiger partial charge is 0.334 e. The number of urea groups is 1. The fourth-order valence-electron chi connectivity index (χ4n) is 3.12. The molecule has 2 rings (SSSR count). The smallest absolute Gasteiger partial charge is 0.319 e. The minimum absolute atomic E-state index is 0.0615. The second-order valence-corrected chi connectivity index (χ2v) is 8.56. The van der Waals surface area contributed by atoms with Crippen LogP contribution in [0.5, 0.6) is 0 Å². The van der Waals surface area contributed by atoms with Gasteiger partial charge in [-0.25, -0.2) is 13.2 Å². The number of sulfone groups is 1. The first-order valence-corrected chi connectivity index (χ1v) is 9.07. The van der Waals surface area contributed by atoms with E-state index in [1.807, 2.05) is 0 Å². The van der Waals surface area contributed by atoms with Gasteiger partial charge in [0.05, 0.1) is 30.1 Å². The highest BCUT2D eigenvalue weighted by atomic mass is 32.2. The van der Waals surface area contributed by atoms with E-state index in [1.165, 1.54) is 4.90 Å². The summed E-state index contributed by atoms with van der Waals surface area (Å²) in [6.45, 7) is 0.987. The maximum Gasteiger partial charge on any atom is 0.319 e. The number of likely N-dealkylation sites (N-methyl/N-ethyl adjacent to an activating group) is 1. The van der Waals surface area contributed by atoms with Crippen LogP contribution in [0.1, 0.15) is 0 Å². The number of piperazine rings is 1.